The highest BCUT2D eigenvalue weighted by atomic mass is 32.2. The predicted molar refractivity (Wildman–Crippen MR) is 145 cm³/mol. The quantitative estimate of drug-likeness (QED) is 0.263. The van der Waals surface area contributed by atoms with Crippen molar-refractivity contribution in [1.82, 2.24) is 4.90 Å². The summed E-state index contributed by atoms with van der Waals surface area (Å²) in [4.78, 5) is 41.3. The standard InChI is InChI=1S/C29H22FN3O5S/c1-37-22-13-7-18(8-14-22)27(34)32-21-4-2-6-24(16-21)39-26-25(31-20-11-9-19(30)10-12-20)28(35)33(29(26)36)17-23-5-3-15-38-23/h2-16,31H,17H2,1H3,(H,32,34). The van der Waals surface area contributed by atoms with Gasteiger partial charge in [0.05, 0.1) is 19.9 Å². The Morgan fingerprint density at radius 3 is 2.41 bits per heavy atom. The Balaban J connectivity index is 1.39. The molecule has 1 aromatic heterocycles. The SMILES string of the molecule is COc1ccc(C(=O)Nc2cccc(SC3=C(Nc4ccc(F)cc4)C(=O)N(Cc4ccco4)C3=O)c2)cc1. The first kappa shape index (κ1) is 25.8. The van der Waals surface area contributed by atoms with Gasteiger partial charge in [0.1, 0.15) is 27.9 Å². The van der Waals surface area contributed by atoms with Crippen LogP contribution in [0.2, 0.25) is 0 Å². The van der Waals surface area contributed by atoms with Crippen LogP contribution in [-0.2, 0) is 16.1 Å². The number of carbonyl (C=O) groups is 3. The maximum absolute atomic E-state index is 13.4. The third kappa shape index (κ3) is 5.86. The van der Waals surface area contributed by atoms with E-state index in [2.05, 4.69) is 10.6 Å². The summed E-state index contributed by atoms with van der Waals surface area (Å²) in [5, 5.41) is 5.82. The number of halogens is 1. The van der Waals surface area contributed by atoms with Gasteiger partial charge in [0.15, 0.2) is 0 Å². The van der Waals surface area contributed by atoms with E-state index in [0.717, 1.165) is 16.7 Å². The fourth-order valence-electron chi connectivity index (χ4n) is 3.84. The van der Waals surface area contributed by atoms with Gasteiger partial charge in [0, 0.05) is 21.8 Å². The smallest absolute Gasteiger partial charge is 0.278 e. The van der Waals surface area contributed by atoms with Gasteiger partial charge < -0.3 is 19.8 Å². The molecule has 0 saturated carbocycles. The van der Waals surface area contributed by atoms with Gasteiger partial charge in [-0.1, -0.05) is 17.8 Å². The van der Waals surface area contributed by atoms with Crippen molar-refractivity contribution in [3.63, 3.8) is 0 Å². The molecule has 0 radical (unpaired) electrons. The Morgan fingerprint density at radius 1 is 0.949 bits per heavy atom. The molecule has 196 valence electrons. The molecule has 5 rings (SSSR count). The van der Waals surface area contributed by atoms with Crippen LogP contribution in [0.3, 0.4) is 0 Å². The highest BCUT2D eigenvalue weighted by Crippen LogP contribution is 2.37. The zero-order valence-electron chi connectivity index (χ0n) is 20.6. The lowest BCUT2D eigenvalue weighted by Gasteiger charge is -2.13. The number of rotatable bonds is 9. The number of methoxy groups -OCH3 is 1. The van der Waals surface area contributed by atoms with Crippen molar-refractivity contribution in [3.8, 4) is 5.75 Å². The first-order chi connectivity index (χ1) is 18.9. The molecule has 3 aromatic carbocycles. The summed E-state index contributed by atoms with van der Waals surface area (Å²) >= 11 is 1.08. The average molecular weight is 544 g/mol. The van der Waals surface area contributed by atoms with Crippen LogP contribution in [0.5, 0.6) is 5.75 Å². The minimum atomic E-state index is -0.535. The van der Waals surface area contributed by atoms with Crippen molar-refractivity contribution < 1.29 is 27.9 Å². The van der Waals surface area contributed by atoms with Crippen molar-refractivity contribution >= 4 is 40.9 Å². The van der Waals surface area contributed by atoms with Crippen LogP contribution in [0.25, 0.3) is 0 Å². The van der Waals surface area contributed by atoms with Crippen molar-refractivity contribution in [3.05, 3.63) is 119 Å². The van der Waals surface area contributed by atoms with E-state index in [4.69, 9.17) is 9.15 Å². The fourth-order valence-corrected chi connectivity index (χ4v) is 4.85. The number of nitrogens with one attached hydrogen (secondary N) is 2. The minimum absolute atomic E-state index is 0.0404. The van der Waals surface area contributed by atoms with Gasteiger partial charge in [0.25, 0.3) is 17.7 Å². The molecular weight excluding hydrogens is 521 g/mol. The van der Waals surface area contributed by atoms with Gasteiger partial charge in [0.2, 0.25) is 0 Å². The molecule has 1 aliphatic rings. The molecule has 2 heterocycles. The van der Waals surface area contributed by atoms with E-state index in [0.29, 0.717) is 33.3 Å². The molecule has 2 N–H and O–H groups in total. The number of carbonyl (C=O) groups excluding carboxylic acids is 3. The van der Waals surface area contributed by atoms with Crippen LogP contribution in [0.15, 0.2) is 111 Å². The molecule has 8 nitrogen and oxygen atoms in total. The number of ether oxygens (including phenoxy) is 1. The molecule has 0 aliphatic carbocycles. The highest BCUT2D eigenvalue weighted by molar-refractivity contribution is 8.04. The van der Waals surface area contributed by atoms with E-state index in [1.165, 1.54) is 30.5 Å². The van der Waals surface area contributed by atoms with Gasteiger partial charge in [-0.15, -0.1) is 0 Å². The fraction of sp³-hybridized carbons (Fsp3) is 0.0690. The van der Waals surface area contributed by atoms with Crippen molar-refractivity contribution in [2.45, 2.75) is 11.4 Å². The van der Waals surface area contributed by atoms with Crippen molar-refractivity contribution in [2.75, 3.05) is 17.7 Å². The number of amides is 3. The van der Waals surface area contributed by atoms with Crippen LogP contribution < -0.4 is 15.4 Å². The summed E-state index contributed by atoms with van der Waals surface area (Å²) in [5.41, 5.74) is 1.48. The van der Waals surface area contributed by atoms with Crippen molar-refractivity contribution in [2.24, 2.45) is 0 Å². The number of hydrogen-bond donors (Lipinski definition) is 2. The molecule has 3 amide bonds. The van der Waals surface area contributed by atoms with E-state index in [-0.39, 0.29) is 23.1 Å². The summed E-state index contributed by atoms with van der Waals surface area (Å²) in [6.07, 6.45) is 1.47. The zero-order chi connectivity index (χ0) is 27.4. The largest absolute Gasteiger partial charge is 0.497 e. The first-order valence-electron chi connectivity index (χ1n) is 11.8. The summed E-state index contributed by atoms with van der Waals surface area (Å²) in [6.45, 7) is -0.0404. The van der Waals surface area contributed by atoms with Gasteiger partial charge >= 0.3 is 0 Å². The molecule has 4 aromatic rings. The Morgan fingerprint density at radius 2 is 1.72 bits per heavy atom. The summed E-state index contributed by atoms with van der Waals surface area (Å²) in [6, 6.07) is 22.5. The Bertz CT molecular complexity index is 1550. The van der Waals surface area contributed by atoms with Crippen molar-refractivity contribution in [1.29, 1.82) is 0 Å². The van der Waals surface area contributed by atoms with Gasteiger partial charge in [-0.3, -0.25) is 19.3 Å². The molecule has 0 fully saturated rings. The molecule has 0 atom stereocenters. The molecule has 39 heavy (non-hydrogen) atoms. The van der Waals surface area contributed by atoms with Crippen LogP contribution in [0.1, 0.15) is 16.1 Å². The number of benzene rings is 3. The van der Waals surface area contributed by atoms with E-state index in [1.807, 2.05) is 0 Å². The second-order valence-electron chi connectivity index (χ2n) is 8.42. The van der Waals surface area contributed by atoms with E-state index >= 15 is 0 Å². The topological polar surface area (TPSA) is 101 Å². The first-order valence-corrected chi connectivity index (χ1v) is 12.6. The number of anilines is 2. The Kier molecular flexibility index (Phi) is 7.46. The molecule has 0 unspecified atom stereocenters. The number of thioether (sulfide) groups is 1. The lowest BCUT2D eigenvalue weighted by molar-refractivity contribution is -0.138. The Labute approximate surface area is 227 Å². The lowest BCUT2D eigenvalue weighted by Crippen LogP contribution is -2.31. The lowest BCUT2D eigenvalue weighted by atomic mass is 10.2. The van der Waals surface area contributed by atoms with Gasteiger partial charge in [-0.25, -0.2) is 4.39 Å². The van der Waals surface area contributed by atoms with E-state index in [9.17, 15) is 18.8 Å². The number of hydrogen-bond acceptors (Lipinski definition) is 7. The van der Waals surface area contributed by atoms with Gasteiger partial charge in [-0.05, 0) is 78.9 Å². The summed E-state index contributed by atoms with van der Waals surface area (Å²) in [5.74, 6) is -0.682. The van der Waals surface area contributed by atoms with Crippen LogP contribution >= 0.6 is 11.8 Å². The molecule has 0 saturated heterocycles. The number of imide groups is 1. The second kappa shape index (κ2) is 11.3. The average Bonchev–Trinajstić information content (AvgIpc) is 3.54. The molecule has 0 bridgehead atoms. The van der Waals surface area contributed by atoms with Gasteiger partial charge in [-0.2, -0.15) is 0 Å². The number of nitrogens with zero attached hydrogens (tertiary/aromatic N) is 1. The monoisotopic (exact) mass is 543 g/mol. The maximum Gasteiger partial charge on any atom is 0.278 e. The second-order valence-corrected chi connectivity index (χ2v) is 9.51. The number of furan rings is 1. The molecular formula is C29H22FN3O5S. The molecule has 10 heteroatoms. The minimum Gasteiger partial charge on any atom is -0.497 e. The Hall–Kier alpha value is -4.83. The van der Waals surface area contributed by atoms with Crippen LogP contribution in [0, 0.1) is 5.82 Å². The third-order valence-corrected chi connectivity index (χ3v) is 6.87. The zero-order valence-corrected chi connectivity index (χ0v) is 21.5. The molecule has 1 aliphatic heterocycles. The third-order valence-electron chi connectivity index (χ3n) is 5.80. The van der Waals surface area contributed by atoms with Crippen LogP contribution in [-0.4, -0.2) is 29.7 Å². The van der Waals surface area contributed by atoms with E-state index < -0.39 is 17.6 Å². The predicted octanol–water partition coefficient (Wildman–Crippen LogP) is 5.66. The van der Waals surface area contributed by atoms with Crippen LogP contribution in [0.4, 0.5) is 15.8 Å². The normalized spacial score (nSPS) is 13.1. The molecule has 0 spiro atoms. The highest BCUT2D eigenvalue weighted by Gasteiger charge is 2.39. The summed E-state index contributed by atoms with van der Waals surface area (Å²) < 4.78 is 23.9. The maximum atomic E-state index is 13.4. The van der Waals surface area contributed by atoms with E-state index in [1.54, 1.807) is 67.8 Å². The summed E-state index contributed by atoms with van der Waals surface area (Å²) in [7, 11) is 1.55.